The zero-order valence-electron chi connectivity index (χ0n) is 13.8. The molecule has 2 fully saturated rings. The van der Waals surface area contributed by atoms with Crippen LogP contribution in [0.5, 0.6) is 0 Å². The lowest BCUT2D eigenvalue weighted by Crippen LogP contribution is -2.57. The number of aliphatic carboxylic acids is 1. The van der Waals surface area contributed by atoms with Gasteiger partial charge in [0.1, 0.15) is 5.54 Å². The van der Waals surface area contributed by atoms with Gasteiger partial charge in [0.05, 0.1) is 5.92 Å². The summed E-state index contributed by atoms with van der Waals surface area (Å²) in [7, 11) is 0. The monoisotopic (exact) mass is 364 g/mol. The summed E-state index contributed by atoms with van der Waals surface area (Å²) < 4.78 is 0. The number of halogens is 1. The van der Waals surface area contributed by atoms with Gasteiger partial charge in [-0.2, -0.15) is 0 Å². The predicted molar refractivity (Wildman–Crippen MR) is 93.5 cm³/mol. The molecular formula is C18H21ClN2O4. The minimum Gasteiger partial charge on any atom is -0.480 e. The lowest BCUT2D eigenvalue weighted by Gasteiger charge is -2.34. The lowest BCUT2D eigenvalue weighted by atomic mass is 9.81. The Morgan fingerprint density at radius 2 is 1.80 bits per heavy atom. The normalized spacial score (nSPS) is 22.7. The molecule has 0 aromatic heterocycles. The molecule has 6 nitrogen and oxygen atoms in total. The quantitative estimate of drug-likeness (QED) is 0.859. The summed E-state index contributed by atoms with van der Waals surface area (Å²) in [6, 6.07) is 6.86. The van der Waals surface area contributed by atoms with E-state index < -0.39 is 17.4 Å². The van der Waals surface area contributed by atoms with E-state index in [-0.39, 0.29) is 24.8 Å². The number of nitrogens with zero attached hydrogens (tertiary/aromatic N) is 1. The van der Waals surface area contributed by atoms with Gasteiger partial charge in [0.25, 0.3) is 0 Å². The third-order valence-corrected chi connectivity index (χ3v) is 5.37. The van der Waals surface area contributed by atoms with E-state index in [1.54, 1.807) is 29.2 Å². The van der Waals surface area contributed by atoms with Crippen molar-refractivity contribution in [3.63, 3.8) is 0 Å². The summed E-state index contributed by atoms with van der Waals surface area (Å²) in [6.07, 6.45) is 3.52. The number of rotatable bonds is 4. The Balaban J connectivity index is 1.70. The van der Waals surface area contributed by atoms with Crippen LogP contribution < -0.4 is 10.2 Å². The van der Waals surface area contributed by atoms with Gasteiger partial charge in [-0.15, -0.1) is 0 Å². The number of carbonyl (C=O) groups excluding carboxylic acids is 2. The van der Waals surface area contributed by atoms with Crippen molar-refractivity contribution in [2.24, 2.45) is 5.92 Å². The number of anilines is 1. The summed E-state index contributed by atoms with van der Waals surface area (Å²) in [4.78, 5) is 38.2. The molecule has 2 aliphatic rings. The van der Waals surface area contributed by atoms with Crippen molar-refractivity contribution >= 4 is 35.1 Å². The highest BCUT2D eigenvalue weighted by molar-refractivity contribution is 6.30. The van der Waals surface area contributed by atoms with Gasteiger partial charge < -0.3 is 15.3 Å². The summed E-state index contributed by atoms with van der Waals surface area (Å²) in [5, 5.41) is 12.9. The molecule has 7 heteroatoms. The number of carboxylic acids is 1. The van der Waals surface area contributed by atoms with Crippen LogP contribution in [0.2, 0.25) is 5.02 Å². The van der Waals surface area contributed by atoms with Crippen LogP contribution in [-0.2, 0) is 14.4 Å². The molecule has 25 heavy (non-hydrogen) atoms. The zero-order valence-corrected chi connectivity index (χ0v) is 14.6. The highest BCUT2D eigenvalue weighted by Gasteiger charge is 2.44. The number of carboxylic acid groups (broad SMARTS) is 1. The second kappa shape index (κ2) is 7.04. The Bertz CT molecular complexity index is 683. The maximum absolute atomic E-state index is 12.6. The highest BCUT2D eigenvalue weighted by atomic mass is 35.5. The van der Waals surface area contributed by atoms with E-state index >= 15 is 0 Å². The van der Waals surface area contributed by atoms with E-state index in [9.17, 15) is 19.5 Å². The van der Waals surface area contributed by atoms with Crippen LogP contribution >= 0.6 is 11.6 Å². The van der Waals surface area contributed by atoms with E-state index in [1.807, 2.05) is 0 Å². The highest BCUT2D eigenvalue weighted by Crippen LogP contribution is 2.31. The SMILES string of the molecule is O=C(NC1(C(=O)O)CCCCC1)C1CC(=O)N(c2ccc(Cl)cc2)C1. The van der Waals surface area contributed by atoms with Gasteiger partial charge in [0, 0.05) is 23.7 Å². The molecule has 1 atom stereocenters. The standard InChI is InChI=1S/C18H21ClN2O4/c19-13-4-6-14(7-5-13)21-11-12(10-15(21)22)16(23)20-18(17(24)25)8-2-1-3-9-18/h4-7,12H,1-3,8-11H2,(H,20,23)(H,24,25). The van der Waals surface area contributed by atoms with Crippen LogP contribution in [0.1, 0.15) is 38.5 Å². The van der Waals surface area contributed by atoms with Crippen molar-refractivity contribution in [3.8, 4) is 0 Å². The number of hydrogen-bond acceptors (Lipinski definition) is 3. The first kappa shape index (κ1) is 17.7. The van der Waals surface area contributed by atoms with Crippen LogP contribution in [0, 0.1) is 5.92 Å². The van der Waals surface area contributed by atoms with Gasteiger partial charge in [0.2, 0.25) is 11.8 Å². The van der Waals surface area contributed by atoms with Crippen LogP contribution in [0.25, 0.3) is 0 Å². The van der Waals surface area contributed by atoms with Gasteiger partial charge in [-0.1, -0.05) is 30.9 Å². The molecule has 1 aromatic carbocycles. The van der Waals surface area contributed by atoms with E-state index in [4.69, 9.17) is 11.6 Å². The van der Waals surface area contributed by atoms with E-state index in [2.05, 4.69) is 5.32 Å². The van der Waals surface area contributed by atoms with Crippen LogP contribution in [-0.4, -0.2) is 35.0 Å². The fraction of sp³-hybridized carbons (Fsp3) is 0.500. The van der Waals surface area contributed by atoms with Gasteiger partial charge in [-0.05, 0) is 37.1 Å². The molecular weight excluding hydrogens is 344 g/mol. The largest absolute Gasteiger partial charge is 0.480 e. The Kier molecular flexibility index (Phi) is 4.99. The summed E-state index contributed by atoms with van der Waals surface area (Å²) in [6.45, 7) is 0.252. The fourth-order valence-corrected chi connectivity index (χ4v) is 3.77. The average molecular weight is 365 g/mol. The summed E-state index contributed by atoms with van der Waals surface area (Å²) in [5.74, 6) is -2.02. The van der Waals surface area contributed by atoms with Gasteiger partial charge in [-0.3, -0.25) is 9.59 Å². The molecule has 2 N–H and O–H groups in total. The van der Waals surface area contributed by atoms with E-state index in [0.717, 1.165) is 19.3 Å². The van der Waals surface area contributed by atoms with Gasteiger partial charge >= 0.3 is 5.97 Å². The fourth-order valence-electron chi connectivity index (χ4n) is 3.64. The molecule has 0 spiro atoms. The molecule has 1 saturated heterocycles. The zero-order chi connectivity index (χ0) is 18.0. The van der Waals surface area contributed by atoms with Crippen LogP contribution in [0.3, 0.4) is 0 Å². The first-order valence-corrected chi connectivity index (χ1v) is 8.90. The number of benzene rings is 1. The van der Waals surface area contributed by atoms with Crippen molar-refractivity contribution in [2.75, 3.05) is 11.4 Å². The molecule has 1 heterocycles. The van der Waals surface area contributed by atoms with Crippen molar-refractivity contribution in [2.45, 2.75) is 44.1 Å². The number of nitrogens with one attached hydrogen (secondary N) is 1. The first-order chi connectivity index (χ1) is 11.9. The van der Waals surface area contributed by atoms with E-state index in [1.165, 1.54) is 0 Å². The first-order valence-electron chi connectivity index (χ1n) is 8.53. The Hall–Kier alpha value is -2.08. The average Bonchev–Trinajstić information content (AvgIpc) is 2.98. The molecule has 1 aromatic rings. The maximum Gasteiger partial charge on any atom is 0.329 e. The molecule has 1 aliphatic carbocycles. The summed E-state index contributed by atoms with van der Waals surface area (Å²) in [5.41, 5.74) is -0.498. The molecule has 134 valence electrons. The molecule has 2 amide bonds. The molecule has 3 rings (SSSR count). The second-order valence-electron chi connectivity index (χ2n) is 6.82. The molecule has 0 bridgehead atoms. The second-order valence-corrected chi connectivity index (χ2v) is 7.26. The maximum atomic E-state index is 12.6. The minimum atomic E-state index is -1.19. The molecule has 0 radical (unpaired) electrons. The van der Waals surface area contributed by atoms with Crippen LogP contribution in [0.4, 0.5) is 5.69 Å². The molecule has 1 unspecified atom stereocenters. The number of amides is 2. The smallest absolute Gasteiger partial charge is 0.329 e. The van der Waals surface area contributed by atoms with Crippen molar-refractivity contribution in [1.29, 1.82) is 0 Å². The third kappa shape index (κ3) is 3.63. The number of carbonyl (C=O) groups is 3. The summed E-state index contributed by atoms with van der Waals surface area (Å²) >= 11 is 5.86. The third-order valence-electron chi connectivity index (χ3n) is 5.11. The topological polar surface area (TPSA) is 86.7 Å². The van der Waals surface area contributed by atoms with Crippen molar-refractivity contribution in [1.82, 2.24) is 5.32 Å². The molecule has 1 saturated carbocycles. The van der Waals surface area contributed by atoms with Crippen molar-refractivity contribution in [3.05, 3.63) is 29.3 Å². The van der Waals surface area contributed by atoms with Crippen LogP contribution in [0.15, 0.2) is 24.3 Å². The predicted octanol–water partition coefficient (Wildman–Crippen LogP) is 2.60. The van der Waals surface area contributed by atoms with Gasteiger partial charge in [-0.25, -0.2) is 4.79 Å². The lowest BCUT2D eigenvalue weighted by molar-refractivity contribution is -0.149. The Morgan fingerprint density at radius 3 is 2.40 bits per heavy atom. The number of hydrogen-bond donors (Lipinski definition) is 2. The van der Waals surface area contributed by atoms with Crippen molar-refractivity contribution < 1.29 is 19.5 Å². The van der Waals surface area contributed by atoms with E-state index in [0.29, 0.717) is 23.6 Å². The minimum absolute atomic E-state index is 0.0875. The van der Waals surface area contributed by atoms with Gasteiger partial charge in [0.15, 0.2) is 0 Å². The Morgan fingerprint density at radius 1 is 1.16 bits per heavy atom. The molecule has 1 aliphatic heterocycles. The Labute approximate surface area is 151 Å².